The molecule has 0 aliphatic rings. The number of nitrogens with zero attached hydrogens (tertiary/aromatic N) is 1. The van der Waals surface area contributed by atoms with Crippen molar-refractivity contribution in [3.63, 3.8) is 0 Å². The number of hydrogen-bond acceptors (Lipinski definition) is 3. The minimum atomic E-state index is -0.290. The van der Waals surface area contributed by atoms with Gasteiger partial charge in [0.1, 0.15) is 0 Å². The summed E-state index contributed by atoms with van der Waals surface area (Å²) in [5.74, 6) is -0.290. The van der Waals surface area contributed by atoms with Gasteiger partial charge in [-0.2, -0.15) is 5.10 Å². The molecule has 116 valence electrons. The van der Waals surface area contributed by atoms with Gasteiger partial charge in [-0.05, 0) is 25.5 Å². The maximum absolute atomic E-state index is 11.7. The fourth-order valence-corrected chi connectivity index (χ4v) is 2.30. The molecule has 0 unspecified atom stereocenters. The van der Waals surface area contributed by atoms with Crippen molar-refractivity contribution in [3.8, 4) is 0 Å². The standard InChI is InChI=1S/C14H14Cl2N4O2/c1-8-11(14(22)20-18-8)4-5-13(21)19-17-7-9-2-3-10(15)6-12(9)16/h2-3,6-7H,4-5H2,1H3,(H,19,21)(H2,18,20,22)/b17-7-. The molecule has 1 aromatic heterocycles. The van der Waals surface area contributed by atoms with Crippen LogP contribution in [-0.2, 0) is 11.2 Å². The van der Waals surface area contributed by atoms with Gasteiger partial charge in [0.15, 0.2) is 0 Å². The summed E-state index contributed by atoms with van der Waals surface area (Å²) in [5, 5.41) is 9.98. The van der Waals surface area contributed by atoms with E-state index >= 15 is 0 Å². The van der Waals surface area contributed by atoms with Crippen molar-refractivity contribution in [3.05, 3.63) is 55.4 Å². The number of carbonyl (C=O) groups excluding carboxylic acids is 1. The van der Waals surface area contributed by atoms with Gasteiger partial charge in [0, 0.05) is 28.3 Å². The number of rotatable bonds is 5. The van der Waals surface area contributed by atoms with E-state index in [-0.39, 0.29) is 17.9 Å². The SMILES string of the molecule is Cc1[nH][nH]c(=O)c1CCC(=O)N/N=C\c1ccc(Cl)cc1Cl. The lowest BCUT2D eigenvalue weighted by Crippen LogP contribution is -2.19. The molecule has 0 atom stereocenters. The van der Waals surface area contributed by atoms with E-state index in [1.807, 2.05) is 0 Å². The zero-order valence-corrected chi connectivity index (χ0v) is 13.3. The molecular formula is C14H14Cl2N4O2. The summed E-state index contributed by atoms with van der Waals surface area (Å²) < 4.78 is 0. The molecule has 0 aliphatic carbocycles. The minimum Gasteiger partial charge on any atom is -0.302 e. The highest BCUT2D eigenvalue weighted by atomic mass is 35.5. The summed E-state index contributed by atoms with van der Waals surface area (Å²) in [6.07, 6.45) is 1.94. The predicted octanol–water partition coefficient (Wildman–Crippen LogP) is 2.40. The van der Waals surface area contributed by atoms with Crippen LogP contribution in [0.25, 0.3) is 0 Å². The van der Waals surface area contributed by atoms with Crippen LogP contribution in [0.2, 0.25) is 10.0 Å². The van der Waals surface area contributed by atoms with Crippen LogP contribution in [0, 0.1) is 6.92 Å². The number of H-pyrrole nitrogens is 2. The molecule has 2 rings (SSSR count). The predicted molar refractivity (Wildman–Crippen MR) is 86.7 cm³/mol. The van der Waals surface area contributed by atoms with Crippen molar-refractivity contribution in [1.29, 1.82) is 0 Å². The Morgan fingerprint density at radius 1 is 1.36 bits per heavy atom. The first kappa shape index (κ1) is 16.3. The van der Waals surface area contributed by atoms with Crippen LogP contribution in [0.4, 0.5) is 0 Å². The third-order valence-electron chi connectivity index (χ3n) is 3.05. The Hall–Kier alpha value is -2.05. The van der Waals surface area contributed by atoms with Gasteiger partial charge in [0.2, 0.25) is 5.91 Å². The van der Waals surface area contributed by atoms with Gasteiger partial charge in [-0.15, -0.1) is 0 Å². The summed E-state index contributed by atoms with van der Waals surface area (Å²) in [4.78, 5) is 23.1. The average Bonchev–Trinajstić information content (AvgIpc) is 2.78. The Labute approximate surface area is 136 Å². The smallest absolute Gasteiger partial charge is 0.267 e. The van der Waals surface area contributed by atoms with Crippen LogP contribution < -0.4 is 11.0 Å². The molecule has 0 radical (unpaired) electrons. The molecule has 6 nitrogen and oxygen atoms in total. The zero-order valence-electron chi connectivity index (χ0n) is 11.7. The molecule has 3 N–H and O–H groups in total. The molecule has 1 aromatic carbocycles. The minimum absolute atomic E-state index is 0.160. The molecule has 1 heterocycles. The number of hydrogen-bond donors (Lipinski definition) is 3. The lowest BCUT2D eigenvalue weighted by Gasteiger charge is -2.00. The van der Waals surface area contributed by atoms with Crippen molar-refractivity contribution in [2.45, 2.75) is 19.8 Å². The molecule has 2 aromatic rings. The van der Waals surface area contributed by atoms with E-state index in [0.29, 0.717) is 27.6 Å². The van der Waals surface area contributed by atoms with Crippen molar-refractivity contribution in [2.75, 3.05) is 0 Å². The number of carbonyl (C=O) groups is 1. The maximum atomic E-state index is 11.7. The number of aromatic nitrogens is 2. The first-order chi connectivity index (χ1) is 10.5. The van der Waals surface area contributed by atoms with Crippen molar-refractivity contribution in [1.82, 2.24) is 15.6 Å². The molecule has 0 aliphatic heterocycles. The zero-order chi connectivity index (χ0) is 16.1. The lowest BCUT2D eigenvalue weighted by atomic mass is 10.1. The monoisotopic (exact) mass is 340 g/mol. The average molecular weight is 341 g/mol. The first-order valence-corrected chi connectivity index (χ1v) is 7.26. The van der Waals surface area contributed by atoms with Gasteiger partial charge in [-0.25, -0.2) is 5.43 Å². The number of hydrazone groups is 1. The normalized spacial score (nSPS) is 11.0. The summed E-state index contributed by atoms with van der Waals surface area (Å²) in [7, 11) is 0. The summed E-state index contributed by atoms with van der Waals surface area (Å²) in [6, 6.07) is 4.97. The fourth-order valence-electron chi connectivity index (χ4n) is 1.85. The van der Waals surface area contributed by atoms with E-state index in [1.165, 1.54) is 6.21 Å². The van der Waals surface area contributed by atoms with Gasteiger partial charge < -0.3 is 5.10 Å². The van der Waals surface area contributed by atoms with E-state index < -0.39 is 0 Å². The van der Waals surface area contributed by atoms with E-state index in [2.05, 4.69) is 20.7 Å². The number of aryl methyl sites for hydroxylation is 1. The van der Waals surface area contributed by atoms with Crippen LogP contribution >= 0.6 is 23.2 Å². The van der Waals surface area contributed by atoms with Gasteiger partial charge in [0.25, 0.3) is 5.56 Å². The van der Waals surface area contributed by atoms with Gasteiger partial charge in [-0.3, -0.25) is 14.7 Å². The van der Waals surface area contributed by atoms with Crippen molar-refractivity contribution < 1.29 is 4.79 Å². The number of aromatic amines is 2. The quantitative estimate of drug-likeness (QED) is 0.576. The number of benzene rings is 1. The molecule has 0 saturated heterocycles. The second kappa shape index (κ2) is 7.29. The molecule has 22 heavy (non-hydrogen) atoms. The van der Waals surface area contributed by atoms with Crippen molar-refractivity contribution >= 4 is 35.3 Å². The third kappa shape index (κ3) is 4.22. The Morgan fingerprint density at radius 2 is 2.14 bits per heavy atom. The highest BCUT2D eigenvalue weighted by Crippen LogP contribution is 2.19. The molecule has 1 amide bonds. The second-order valence-corrected chi connectivity index (χ2v) is 5.49. The van der Waals surface area contributed by atoms with Crippen LogP contribution in [0.15, 0.2) is 28.1 Å². The lowest BCUT2D eigenvalue weighted by molar-refractivity contribution is -0.121. The van der Waals surface area contributed by atoms with Gasteiger partial charge in [0.05, 0.1) is 11.2 Å². The molecule has 0 fully saturated rings. The molecule has 8 heteroatoms. The Morgan fingerprint density at radius 3 is 2.77 bits per heavy atom. The third-order valence-corrected chi connectivity index (χ3v) is 3.61. The van der Waals surface area contributed by atoms with Gasteiger partial charge in [-0.1, -0.05) is 29.3 Å². The molecule has 0 saturated carbocycles. The van der Waals surface area contributed by atoms with Crippen LogP contribution in [0.5, 0.6) is 0 Å². The van der Waals surface area contributed by atoms with Gasteiger partial charge >= 0.3 is 0 Å². The number of nitrogens with one attached hydrogen (secondary N) is 3. The fraction of sp³-hybridized carbons (Fsp3) is 0.214. The van der Waals surface area contributed by atoms with Crippen LogP contribution in [0.1, 0.15) is 23.2 Å². The van der Waals surface area contributed by atoms with E-state index in [1.54, 1.807) is 25.1 Å². The summed E-state index contributed by atoms with van der Waals surface area (Å²) >= 11 is 11.8. The summed E-state index contributed by atoms with van der Waals surface area (Å²) in [6.45, 7) is 1.77. The second-order valence-electron chi connectivity index (χ2n) is 4.64. The Kier molecular flexibility index (Phi) is 5.41. The first-order valence-electron chi connectivity index (χ1n) is 6.50. The van der Waals surface area contributed by atoms with Crippen molar-refractivity contribution in [2.24, 2.45) is 5.10 Å². The number of halogens is 2. The Balaban J connectivity index is 1.87. The Bertz CT molecular complexity index is 764. The highest BCUT2D eigenvalue weighted by molar-refractivity contribution is 6.36. The molecule has 0 spiro atoms. The largest absolute Gasteiger partial charge is 0.302 e. The topological polar surface area (TPSA) is 90.1 Å². The maximum Gasteiger partial charge on any atom is 0.267 e. The summed E-state index contributed by atoms with van der Waals surface area (Å²) in [5.41, 5.74) is 4.13. The highest BCUT2D eigenvalue weighted by Gasteiger charge is 2.08. The van der Waals surface area contributed by atoms with Crippen LogP contribution in [0.3, 0.4) is 0 Å². The van der Waals surface area contributed by atoms with Crippen LogP contribution in [-0.4, -0.2) is 22.3 Å². The van der Waals surface area contributed by atoms with E-state index in [9.17, 15) is 9.59 Å². The molecular weight excluding hydrogens is 327 g/mol. The van der Waals surface area contributed by atoms with E-state index in [4.69, 9.17) is 23.2 Å². The molecule has 0 bridgehead atoms. The number of amides is 1. The van der Waals surface area contributed by atoms with E-state index in [0.717, 1.165) is 5.69 Å².